The lowest BCUT2D eigenvalue weighted by atomic mass is 10.1. The maximum Gasteiger partial charge on any atom is 0.113 e. The molecular formula is C14H13BrN2OS. The highest BCUT2D eigenvalue weighted by Crippen LogP contribution is 2.22. The van der Waals surface area contributed by atoms with Crippen molar-refractivity contribution in [2.45, 2.75) is 0 Å². The fourth-order valence-corrected chi connectivity index (χ4v) is 2.06. The summed E-state index contributed by atoms with van der Waals surface area (Å²) in [4.78, 5) is 0.648. The van der Waals surface area contributed by atoms with Gasteiger partial charge < -0.3 is 15.7 Å². The lowest BCUT2D eigenvalue weighted by Gasteiger charge is -2.11. The molecule has 98 valence electrons. The molecule has 19 heavy (non-hydrogen) atoms. The van der Waals surface area contributed by atoms with Crippen LogP contribution in [0.4, 0.5) is 5.69 Å². The fourth-order valence-electron chi connectivity index (χ4n) is 1.74. The van der Waals surface area contributed by atoms with E-state index in [4.69, 9.17) is 17.3 Å². The number of hydrogen-bond donors (Lipinski definition) is 3. The Hall–Kier alpha value is -1.59. The molecule has 0 radical (unpaired) electrons. The Morgan fingerprint density at radius 2 is 1.95 bits per heavy atom. The molecule has 0 spiro atoms. The Kier molecular flexibility index (Phi) is 4.76. The van der Waals surface area contributed by atoms with Gasteiger partial charge in [-0.25, -0.2) is 0 Å². The van der Waals surface area contributed by atoms with Crippen molar-refractivity contribution < 1.29 is 5.11 Å². The third-order valence-corrected chi connectivity index (χ3v) is 3.33. The molecule has 0 saturated heterocycles. The predicted molar refractivity (Wildman–Crippen MR) is 87.8 cm³/mol. The zero-order valence-electron chi connectivity index (χ0n) is 10.1. The SMILES string of the molecule is O/C=C(\Br)NCC(=S)Nc1cccc2ccccc12. The van der Waals surface area contributed by atoms with Gasteiger partial charge in [-0.15, -0.1) is 0 Å². The van der Waals surface area contributed by atoms with Crippen LogP contribution in [0.2, 0.25) is 0 Å². The Balaban J connectivity index is 2.11. The second-order valence-corrected chi connectivity index (χ2v) is 5.25. The first kappa shape index (κ1) is 13.8. The van der Waals surface area contributed by atoms with Crippen LogP contribution in [0.5, 0.6) is 0 Å². The molecule has 0 bridgehead atoms. The van der Waals surface area contributed by atoms with Gasteiger partial charge in [-0.1, -0.05) is 48.6 Å². The highest BCUT2D eigenvalue weighted by molar-refractivity contribution is 9.11. The molecule has 0 aliphatic heterocycles. The number of aliphatic hydroxyl groups is 1. The van der Waals surface area contributed by atoms with E-state index in [9.17, 15) is 0 Å². The van der Waals surface area contributed by atoms with Crippen LogP contribution in [0.1, 0.15) is 0 Å². The van der Waals surface area contributed by atoms with Crippen molar-refractivity contribution in [3.63, 3.8) is 0 Å². The lowest BCUT2D eigenvalue weighted by Crippen LogP contribution is -2.24. The summed E-state index contributed by atoms with van der Waals surface area (Å²) in [6.45, 7) is 0.441. The van der Waals surface area contributed by atoms with Crippen molar-refractivity contribution in [2.75, 3.05) is 11.9 Å². The smallest absolute Gasteiger partial charge is 0.113 e. The van der Waals surface area contributed by atoms with Gasteiger partial charge in [0.15, 0.2) is 0 Å². The second kappa shape index (κ2) is 6.54. The predicted octanol–water partition coefficient (Wildman–Crippen LogP) is 3.92. The Labute approximate surface area is 125 Å². The number of benzene rings is 2. The van der Waals surface area contributed by atoms with Crippen LogP contribution in [-0.2, 0) is 0 Å². The van der Waals surface area contributed by atoms with Crippen LogP contribution >= 0.6 is 28.1 Å². The van der Waals surface area contributed by atoms with Crippen LogP contribution < -0.4 is 10.6 Å². The third-order valence-electron chi connectivity index (χ3n) is 2.59. The highest BCUT2D eigenvalue weighted by atomic mass is 79.9. The molecule has 5 heteroatoms. The lowest BCUT2D eigenvalue weighted by molar-refractivity contribution is 0.468. The molecule has 0 aliphatic carbocycles. The van der Waals surface area contributed by atoms with Crippen molar-refractivity contribution >= 4 is 49.6 Å². The van der Waals surface area contributed by atoms with E-state index in [1.165, 1.54) is 5.39 Å². The monoisotopic (exact) mass is 336 g/mol. The van der Waals surface area contributed by atoms with E-state index in [0.29, 0.717) is 16.1 Å². The van der Waals surface area contributed by atoms with Crippen molar-refractivity contribution in [3.8, 4) is 0 Å². The van der Waals surface area contributed by atoms with Crippen molar-refractivity contribution in [3.05, 3.63) is 53.3 Å². The molecule has 3 nitrogen and oxygen atoms in total. The fraction of sp³-hybridized carbons (Fsp3) is 0.0714. The average Bonchev–Trinajstić information content (AvgIpc) is 2.45. The van der Waals surface area contributed by atoms with E-state index in [0.717, 1.165) is 17.3 Å². The van der Waals surface area contributed by atoms with E-state index in [-0.39, 0.29) is 0 Å². The Morgan fingerprint density at radius 3 is 2.74 bits per heavy atom. The average molecular weight is 337 g/mol. The molecule has 0 aromatic heterocycles. The minimum atomic E-state index is 0.441. The summed E-state index contributed by atoms with van der Waals surface area (Å²) >= 11 is 8.41. The number of rotatable bonds is 4. The zero-order valence-corrected chi connectivity index (χ0v) is 12.5. The molecule has 0 heterocycles. The van der Waals surface area contributed by atoms with E-state index >= 15 is 0 Å². The van der Waals surface area contributed by atoms with Gasteiger partial charge in [-0.05, 0) is 27.4 Å². The maximum absolute atomic E-state index is 8.74. The van der Waals surface area contributed by atoms with E-state index in [1.54, 1.807) is 0 Å². The quantitative estimate of drug-likeness (QED) is 0.450. The van der Waals surface area contributed by atoms with Gasteiger partial charge in [0.25, 0.3) is 0 Å². The van der Waals surface area contributed by atoms with Crippen LogP contribution in [0.25, 0.3) is 10.8 Å². The molecule has 3 N–H and O–H groups in total. The number of nitrogens with one attached hydrogen (secondary N) is 2. The van der Waals surface area contributed by atoms with Gasteiger partial charge in [0, 0.05) is 11.1 Å². The van der Waals surface area contributed by atoms with Gasteiger partial charge >= 0.3 is 0 Å². The summed E-state index contributed by atoms with van der Waals surface area (Å²) in [6, 6.07) is 14.2. The summed E-state index contributed by atoms with van der Waals surface area (Å²) in [6.07, 6.45) is 0.945. The molecule has 0 fully saturated rings. The van der Waals surface area contributed by atoms with Crippen molar-refractivity contribution in [2.24, 2.45) is 0 Å². The maximum atomic E-state index is 8.74. The number of hydrogen-bond acceptors (Lipinski definition) is 3. The van der Waals surface area contributed by atoms with Gasteiger partial charge in [0.2, 0.25) is 0 Å². The van der Waals surface area contributed by atoms with Crippen LogP contribution in [0.15, 0.2) is 53.3 Å². The minimum Gasteiger partial charge on any atom is -0.513 e. The van der Waals surface area contributed by atoms with Crippen LogP contribution in [0.3, 0.4) is 0 Å². The number of fused-ring (bicyclic) bond motifs is 1. The zero-order chi connectivity index (χ0) is 13.7. The van der Waals surface area contributed by atoms with Crippen LogP contribution in [-0.4, -0.2) is 16.6 Å². The molecular weight excluding hydrogens is 324 g/mol. The van der Waals surface area contributed by atoms with Crippen molar-refractivity contribution in [1.82, 2.24) is 5.32 Å². The number of anilines is 1. The normalized spacial score (nSPS) is 11.3. The highest BCUT2D eigenvalue weighted by Gasteiger charge is 2.02. The largest absolute Gasteiger partial charge is 0.513 e. The minimum absolute atomic E-state index is 0.441. The van der Waals surface area contributed by atoms with Gasteiger partial charge in [-0.2, -0.15) is 0 Å². The summed E-state index contributed by atoms with van der Waals surface area (Å²) in [7, 11) is 0. The van der Waals surface area contributed by atoms with Gasteiger partial charge in [0.05, 0.1) is 11.5 Å². The summed E-state index contributed by atoms with van der Waals surface area (Å²) in [5.41, 5.74) is 0.981. The summed E-state index contributed by atoms with van der Waals surface area (Å²) in [5, 5.41) is 17.2. The summed E-state index contributed by atoms with van der Waals surface area (Å²) < 4.78 is 0.495. The molecule has 2 aromatic carbocycles. The topological polar surface area (TPSA) is 44.3 Å². The van der Waals surface area contributed by atoms with Crippen molar-refractivity contribution in [1.29, 1.82) is 0 Å². The standard InChI is InChI=1S/C14H13BrN2OS/c15-13(9-18)16-8-14(19)17-12-7-3-5-10-4-1-2-6-11(10)12/h1-7,9,16,18H,8H2,(H,17,19)/b13-9+. The number of aliphatic hydroxyl groups excluding tert-OH is 1. The molecule has 2 aromatic rings. The molecule has 0 atom stereocenters. The van der Waals surface area contributed by atoms with E-state index < -0.39 is 0 Å². The Bertz CT molecular complexity index is 622. The summed E-state index contributed by atoms with van der Waals surface area (Å²) in [5.74, 6) is 0. The van der Waals surface area contributed by atoms with E-state index in [2.05, 4.69) is 44.8 Å². The molecule has 0 aliphatic rings. The first-order valence-electron chi connectivity index (χ1n) is 5.72. The molecule has 0 unspecified atom stereocenters. The number of thiocarbonyl (C=S) groups is 1. The van der Waals surface area contributed by atoms with Gasteiger partial charge in [0.1, 0.15) is 10.9 Å². The molecule has 2 rings (SSSR count). The number of halogens is 1. The second-order valence-electron chi connectivity index (χ2n) is 3.91. The first-order valence-corrected chi connectivity index (χ1v) is 6.92. The molecule has 0 saturated carbocycles. The van der Waals surface area contributed by atoms with Crippen LogP contribution in [0, 0.1) is 0 Å². The molecule has 0 amide bonds. The van der Waals surface area contributed by atoms with E-state index in [1.807, 2.05) is 24.3 Å². The van der Waals surface area contributed by atoms with Gasteiger partial charge in [-0.3, -0.25) is 0 Å². The Morgan fingerprint density at radius 1 is 1.21 bits per heavy atom. The third kappa shape index (κ3) is 3.68. The first-order chi connectivity index (χ1) is 9.20.